The van der Waals surface area contributed by atoms with Crippen LogP contribution in [0.3, 0.4) is 0 Å². The molecule has 148 heavy (non-hydrogen) atoms. The second kappa shape index (κ2) is 42.0. The molecule has 16 nitrogen and oxygen atoms in total. The van der Waals surface area contributed by atoms with E-state index in [4.69, 9.17) is 38.9 Å². The molecular weight excluding hydrogens is 1890 g/mol. The minimum Gasteiger partial charge on any atom is -0.457 e. The lowest BCUT2D eigenvalue weighted by Gasteiger charge is -2.08. The molecule has 0 saturated carbocycles. The molecule has 8 heterocycles. The van der Waals surface area contributed by atoms with Crippen LogP contribution in [0.2, 0.25) is 0 Å². The SMILES string of the molecule is Brc1ccc2[nH]cc(-c3nc(-c4ccc(Oc5ccccc5)cc4)c(-c4ccc(Oc5ccccc5)cc4)[nH]3)c2c1.Cc1[nH]c2ccccc2c1-c1nc(-c2ccc(-c3ccccc3)cc2)c(-c2ccc(-c3ccccc3)cc2)[nH]1.Cc1[nH]c2ccccc2c1-c1nc(-c2ccc(Oc3ccccc3)cc2)c(-c2ccc(Oc3ccccc3)cc2)[nH]1.Fc1ccc(-c2[nH]c(-c3c[nH]c4ccccc34)nc2-c2ccccc2)cc1. The van der Waals surface area contributed by atoms with Gasteiger partial charge in [0.2, 0.25) is 0 Å². The zero-order valence-corrected chi connectivity index (χ0v) is 82.0. The van der Waals surface area contributed by atoms with Crippen molar-refractivity contribution < 1.29 is 23.3 Å². The minimum atomic E-state index is -0.253. The van der Waals surface area contributed by atoms with Crippen molar-refractivity contribution in [2.75, 3.05) is 0 Å². The van der Waals surface area contributed by atoms with Gasteiger partial charge in [0, 0.05) is 139 Å². The van der Waals surface area contributed by atoms with Gasteiger partial charge in [-0.2, -0.15) is 0 Å². The molecule has 0 amide bonds. The lowest BCUT2D eigenvalue weighted by Crippen LogP contribution is -1.87. The van der Waals surface area contributed by atoms with E-state index in [0.29, 0.717) is 0 Å². The number of aromatic nitrogens is 12. The maximum atomic E-state index is 13.4. The number of aryl methyl sites for hydroxylation is 2. The van der Waals surface area contributed by atoms with Gasteiger partial charge in [-0.15, -0.1) is 0 Å². The van der Waals surface area contributed by atoms with E-state index in [-0.39, 0.29) is 5.82 Å². The quantitative estimate of drug-likeness (QED) is 0.0326. The van der Waals surface area contributed by atoms with Gasteiger partial charge >= 0.3 is 0 Å². The first kappa shape index (κ1) is 92.3. The van der Waals surface area contributed by atoms with Gasteiger partial charge < -0.3 is 58.8 Å². The van der Waals surface area contributed by atoms with E-state index in [9.17, 15) is 4.39 Å². The van der Waals surface area contributed by atoms with Crippen molar-refractivity contribution in [1.82, 2.24) is 59.8 Å². The Kier molecular flexibility index (Phi) is 26.2. The number of rotatable bonds is 22. The molecular formula is C130H94BrFN12O4. The number of aromatic amines is 8. The summed E-state index contributed by atoms with van der Waals surface area (Å²) in [5, 5.41) is 4.50. The number of halogens is 2. The fraction of sp³-hybridized carbons (Fsp3) is 0.0154. The van der Waals surface area contributed by atoms with Gasteiger partial charge in [0.1, 0.15) is 75.1 Å². The topological polar surface area (TPSA) is 215 Å². The van der Waals surface area contributed by atoms with Crippen molar-refractivity contribution in [1.29, 1.82) is 0 Å². The van der Waals surface area contributed by atoms with E-state index in [1.54, 1.807) is 12.1 Å². The summed E-state index contributed by atoms with van der Waals surface area (Å²) in [6, 6.07) is 157. The second-order valence-corrected chi connectivity index (χ2v) is 36.7. The minimum absolute atomic E-state index is 0.253. The summed E-state index contributed by atoms with van der Waals surface area (Å²) in [7, 11) is 0. The Balaban J connectivity index is 0.000000110. The van der Waals surface area contributed by atoms with E-state index in [1.807, 2.05) is 267 Å². The lowest BCUT2D eigenvalue weighted by molar-refractivity contribution is 0.482. The van der Waals surface area contributed by atoms with E-state index < -0.39 is 0 Å². The first-order chi connectivity index (χ1) is 72.9. The Morgan fingerprint density at radius 3 is 0.818 bits per heavy atom. The van der Waals surface area contributed by atoms with Crippen LogP contribution in [0.4, 0.5) is 4.39 Å². The maximum absolute atomic E-state index is 13.4. The Morgan fingerprint density at radius 2 is 0.453 bits per heavy atom. The molecule has 18 aromatic carbocycles. The molecule has 712 valence electrons. The van der Waals surface area contributed by atoms with Crippen molar-refractivity contribution in [3.8, 4) is 204 Å². The largest absolute Gasteiger partial charge is 0.457 e. The van der Waals surface area contributed by atoms with Gasteiger partial charge in [-0.1, -0.05) is 283 Å². The number of para-hydroxylation sites is 7. The second-order valence-electron chi connectivity index (χ2n) is 35.7. The summed E-state index contributed by atoms with van der Waals surface area (Å²) in [6.45, 7) is 4.20. The van der Waals surface area contributed by atoms with Crippen molar-refractivity contribution in [2.45, 2.75) is 13.8 Å². The first-order valence-corrected chi connectivity index (χ1v) is 49.6. The van der Waals surface area contributed by atoms with Gasteiger partial charge in [-0.05, 0) is 242 Å². The third-order valence-electron chi connectivity index (χ3n) is 26.0. The predicted molar refractivity (Wildman–Crippen MR) is 601 cm³/mol. The molecule has 0 atom stereocenters. The van der Waals surface area contributed by atoms with E-state index in [0.717, 1.165) is 236 Å². The monoisotopic (exact) mass is 1980 g/mol. The summed E-state index contributed by atoms with van der Waals surface area (Å²) < 4.78 is 38.5. The number of fused-ring (bicyclic) bond motifs is 4. The molecule has 0 aliphatic heterocycles. The molecule has 0 saturated heterocycles. The zero-order valence-electron chi connectivity index (χ0n) is 80.4. The standard InChI is InChI=1S/C36H27N3O2.C36H27N3.C35H24BrN3O2.C23H16FN3/c1-24-33(31-14-8-9-15-32(31)37-24)36-38-34(25-16-20-29(21-17-25)40-27-10-4-2-5-11-27)35(39-36)26-18-22-30(23-19-26)41-28-12-6-3-7-13-28;1-24-33(31-14-8-9-15-32(31)37-24)36-38-34(29-20-16-27(17-21-29)25-10-4-2-5-11-25)35(39-36)30-22-18-28(19-23-30)26-12-6-3-7-13-26;36-25-15-20-32-30(21-25)31(22-37-32)35-38-33(23-11-16-28(17-12-23)40-26-7-3-1-4-8-26)34(39-35)24-13-18-29(19-14-24)41-27-9-5-2-6-10-27;24-17-12-10-16(11-13-17)22-21(15-6-2-1-3-7-15)26-23(27-22)19-14-25-20-9-5-4-8-18(19)20/h2-23,37H,1H3,(H,38,39);2-23,37H,1H3,(H,38,39);1-22,37H,(H,38,39);1-14,25H,(H,26,27). The first-order valence-electron chi connectivity index (χ1n) is 48.8. The number of imidazole rings is 4. The third kappa shape index (κ3) is 20.2. The zero-order chi connectivity index (χ0) is 99.6. The summed E-state index contributed by atoms with van der Waals surface area (Å²) >= 11 is 3.61. The molecule has 0 spiro atoms. The van der Waals surface area contributed by atoms with Gasteiger partial charge in [-0.25, -0.2) is 24.3 Å². The Labute approximate surface area is 861 Å². The normalized spacial score (nSPS) is 11.1. The van der Waals surface area contributed by atoms with Crippen LogP contribution in [0.15, 0.2) is 490 Å². The van der Waals surface area contributed by atoms with Gasteiger partial charge in [0.25, 0.3) is 0 Å². The molecule has 0 aliphatic rings. The summed E-state index contributed by atoms with van der Waals surface area (Å²) in [5.41, 5.74) is 30.8. The third-order valence-corrected chi connectivity index (χ3v) is 26.5. The fourth-order valence-corrected chi connectivity index (χ4v) is 19.1. The number of nitrogens with one attached hydrogen (secondary N) is 8. The van der Waals surface area contributed by atoms with Crippen molar-refractivity contribution in [3.63, 3.8) is 0 Å². The van der Waals surface area contributed by atoms with Gasteiger partial charge in [0.05, 0.1) is 45.6 Å². The van der Waals surface area contributed by atoms with Crippen LogP contribution < -0.4 is 18.9 Å². The van der Waals surface area contributed by atoms with Crippen molar-refractivity contribution in [2.24, 2.45) is 0 Å². The number of hydrogen-bond acceptors (Lipinski definition) is 8. The van der Waals surface area contributed by atoms with Crippen LogP contribution >= 0.6 is 15.9 Å². The molecule has 8 aromatic heterocycles. The highest BCUT2D eigenvalue weighted by Gasteiger charge is 2.26. The molecule has 0 fully saturated rings. The van der Waals surface area contributed by atoms with E-state index in [1.165, 1.54) is 39.8 Å². The lowest BCUT2D eigenvalue weighted by atomic mass is 9.99. The molecule has 0 radical (unpaired) electrons. The summed E-state index contributed by atoms with van der Waals surface area (Å²) in [6.07, 6.45) is 3.96. The molecule has 0 unspecified atom stereocenters. The average molecular weight is 1990 g/mol. The number of benzene rings is 18. The molecule has 18 heteroatoms. The number of nitrogens with zero attached hydrogens (tertiary/aromatic N) is 4. The van der Waals surface area contributed by atoms with Gasteiger partial charge in [0.15, 0.2) is 0 Å². The average Bonchev–Trinajstić information content (AvgIpc) is 1.60. The number of ether oxygens (including phenoxy) is 4. The highest BCUT2D eigenvalue weighted by molar-refractivity contribution is 9.10. The maximum Gasteiger partial charge on any atom is 0.140 e. The van der Waals surface area contributed by atoms with Gasteiger partial charge in [-0.3, -0.25) is 0 Å². The van der Waals surface area contributed by atoms with Crippen LogP contribution in [0, 0.1) is 19.7 Å². The predicted octanol–water partition coefficient (Wildman–Crippen LogP) is 35.6. The number of hydrogen-bond donors (Lipinski definition) is 8. The van der Waals surface area contributed by atoms with Crippen LogP contribution in [-0.4, -0.2) is 59.8 Å². The van der Waals surface area contributed by atoms with Crippen molar-refractivity contribution >= 4 is 59.5 Å². The van der Waals surface area contributed by atoms with Crippen LogP contribution in [-0.2, 0) is 0 Å². The van der Waals surface area contributed by atoms with Crippen LogP contribution in [0.25, 0.3) is 201 Å². The summed E-state index contributed by atoms with van der Waals surface area (Å²) in [4.78, 5) is 48.5. The molecule has 0 aliphatic carbocycles. The Bertz CT molecular complexity index is 8740. The molecule has 26 rings (SSSR count). The summed E-state index contributed by atoms with van der Waals surface area (Å²) in [5.74, 6) is 9.28. The highest BCUT2D eigenvalue weighted by atomic mass is 79.9. The van der Waals surface area contributed by atoms with Crippen LogP contribution in [0.1, 0.15) is 11.4 Å². The Hall–Kier alpha value is -19.4. The Morgan fingerprint density at radius 1 is 0.209 bits per heavy atom. The molecule has 0 bridgehead atoms. The van der Waals surface area contributed by atoms with E-state index in [2.05, 4.69) is 264 Å². The number of H-pyrrole nitrogens is 8. The fourth-order valence-electron chi connectivity index (χ4n) is 18.7. The van der Waals surface area contributed by atoms with E-state index >= 15 is 0 Å². The van der Waals surface area contributed by atoms with Crippen LogP contribution in [0.5, 0.6) is 46.0 Å². The van der Waals surface area contributed by atoms with Crippen molar-refractivity contribution in [3.05, 3.63) is 507 Å². The highest BCUT2D eigenvalue weighted by Crippen LogP contribution is 2.45. The molecule has 8 N–H and O–H groups in total. The molecule has 26 aromatic rings. The smallest absolute Gasteiger partial charge is 0.140 e.